The van der Waals surface area contributed by atoms with Crippen LogP contribution in [-0.2, 0) is 18.4 Å². The van der Waals surface area contributed by atoms with Crippen molar-refractivity contribution in [2.75, 3.05) is 0 Å². The van der Waals surface area contributed by atoms with Crippen LogP contribution in [-0.4, -0.2) is 25.7 Å². The SMILES string of the molecule is Cc1nn(C)c2nc(-c3cccs3)cc(C(=O)OCc3ncc(-c4ccccc4)o3)c12. The largest absolute Gasteiger partial charge is 0.452 e. The van der Waals surface area contributed by atoms with Gasteiger partial charge in [0.05, 0.1) is 33.4 Å². The Morgan fingerprint density at radius 2 is 2.03 bits per heavy atom. The topological polar surface area (TPSA) is 83.0 Å². The Morgan fingerprint density at radius 1 is 1.19 bits per heavy atom. The Labute approximate surface area is 182 Å². The number of fused-ring (bicyclic) bond motifs is 1. The van der Waals surface area contributed by atoms with Gasteiger partial charge in [0.25, 0.3) is 0 Å². The molecule has 0 unspecified atom stereocenters. The van der Waals surface area contributed by atoms with Gasteiger partial charge in [-0.1, -0.05) is 36.4 Å². The van der Waals surface area contributed by atoms with Crippen molar-refractivity contribution in [1.82, 2.24) is 19.7 Å². The van der Waals surface area contributed by atoms with Crippen molar-refractivity contribution in [2.24, 2.45) is 7.05 Å². The summed E-state index contributed by atoms with van der Waals surface area (Å²) in [4.78, 5) is 22.9. The second kappa shape index (κ2) is 7.81. The molecule has 0 saturated heterocycles. The minimum Gasteiger partial charge on any atom is -0.452 e. The number of oxazole rings is 1. The molecule has 0 atom stereocenters. The number of carbonyl (C=O) groups is 1. The number of aromatic nitrogens is 4. The molecule has 0 bridgehead atoms. The summed E-state index contributed by atoms with van der Waals surface area (Å²) in [7, 11) is 1.81. The van der Waals surface area contributed by atoms with Crippen LogP contribution in [0.3, 0.4) is 0 Å². The highest BCUT2D eigenvalue weighted by molar-refractivity contribution is 7.13. The highest BCUT2D eigenvalue weighted by Gasteiger charge is 2.21. The molecule has 0 N–H and O–H groups in total. The zero-order valence-corrected chi connectivity index (χ0v) is 17.7. The maximum Gasteiger partial charge on any atom is 0.339 e. The van der Waals surface area contributed by atoms with Gasteiger partial charge in [-0.3, -0.25) is 4.68 Å². The first kappa shape index (κ1) is 19.2. The minimum atomic E-state index is -0.472. The number of aryl methyl sites for hydroxylation is 2. The molecule has 0 aliphatic rings. The van der Waals surface area contributed by atoms with Crippen molar-refractivity contribution in [2.45, 2.75) is 13.5 Å². The van der Waals surface area contributed by atoms with Gasteiger partial charge in [0.2, 0.25) is 5.89 Å². The van der Waals surface area contributed by atoms with Crippen molar-refractivity contribution >= 4 is 28.3 Å². The molecule has 31 heavy (non-hydrogen) atoms. The van der Waals surface area contributed by atoms with Gasteiger partial charge < -0.3 is 9.15 Å². The number of thiophene rings is 1. The van der Waals surface area contributed by atoms with Crippen LogP contribution in [0.5, 0.6) is 0 Å². The van der Waals surface area contributed by atoms with Crippen LogP contribution >= 0.6 is 11.3 Å². The van der Waals surface area contributed by atoms with Gasteiger partial charge in [0, 0.05) is 12.6 Å². The molecule has 0 aliphatic carbocycles. The third kappa shape index (κ3) is 3.62. The number of benzene rings is 1. The normalized spacial score (nSPS) is 11.2. The molecule has 0 spiro atoms. The molecule has 0 radical (unpaired) electrons. The third-order valence-electron chi connectivity index (χ3n) is 4.90. The Balaban J connectivity index is 1.44. The van der Waals surface area contributed by atoms with Crippen LogP contribution in [0.4, 0.5) is 0 Å². The summed E-state index contributed by atoms with van der Waals surface area (Å²) in [5, 5.41) is 7.09. The summed E-state index contributed by atoms with van der Waals surface area (Å²) in [5.74, 6) is 0.487. The monoisotopic (exact) mass is 430 g/mol. The van der Waals surface area contributed by atoms with Crippen molar-refractivity contribution in [1.29, 1.82) is 0 Å². The van der Waals surface area contributed by atoms with Crippen LogP contribution in [0.2, 0.25) is 0 Å². The van der Waals surface area contributed by atoms with Crippen LogP contribution < -0.4 is 0 Å². The molecule has 0 aliphatic heterocycles. The predicted octanol–water partition coefficient (Wildman–Crippen LogP) is 5.02. The number of esters is 1. The molecule has 0 saturated carbocycles. The fourth-order valence-corrected chi connectivity index (χ4v) is 4.16. The summed E-state index contributed by atoms with van der Waals surface area (Å²) in [6.07, 6.45) is 1.63. The van der Waals surface area contributed by atoms with Crippen molar-refractivity contribution in [3.05, 3.63) is 77.3 Å². The van der Waals surface area contributed by atoms with E-state index in [0.717, 1.165) is 16.1 Å². The van der Waals surface area contributed by atoms with Crippen LogP contribution in [0, 0.1) is 6.92 Å². The molecule has 5 rings (SSSR count). The molecule has 5 aromatic rings. The van der Waals surface area contributed by atoms with E-state index in [1.54, 1.807) is 28.3 Å². The van der Waals surface area contributed by atoms with E-state index in [2.05, 4.69) is 10.1 Å². The highest BCUT2D eigenvalue weighted by atomic mass is 32.1. The maximum atomic E-state index is 13.0. The fraction of sp³-hybridized carbons (Fsp3) is 0.130. The summed E-state index contributed by atoms with van der Waals surface area (Å²) < 4.78 is 13.0. The minimum absolute atomic E-state index is 0.0663. The molecule has 1 aromatic carbocycles. The summed E-state index contributed by atoms with van der Waals surface area (Å²) >= 11 is 1.56. The predicted molar refractivity (Wildman–Crippen MR) is 118 cm³/mol. The van der Waals surface area contributed by atoms with E-state index >= 15 is 0 Å². The Bertz CT molecular complexity index is 1370. The van der Waals surface area contributed by atoms with E-state index in [4.69, 9.17) is 14.1 Å². The van der Waals surface area contributed by atoms with Crippen molar-refractivity contribution in [3.8, 4) is 21.9 Å². The lowest BCUT2D eigenvalue weighted by molar-refractivity contribution is 0.0441. The van der Waals surface area contributed by atoms with E-state index < -0.39 is 5.97 Å². The third-order valence-corrected chi connectivity index (χ3v) is 5.79. The van der Waals surface area contributed by atoms with E-state index in [-0.39, 0.29) is 6.61 Å². The van der Waals surface area contributed by atoms with Crippen molar-refractivity contribution in [3.63, 3.8) is 0 Å². The number of nitrogens with zero attached hydrogens (tertiary/aromatic N) is 4. The average Bonchev–Trinajstić information content (AvgIpc) is 3.54. The number of carbonyl (C=O) groups excluding carboxylic acids is 1. The van der Waals surface area contributed by atoms with Crippen LogP contribution in [0.25, 0.3) is 32.9 Å². The zero-order chi connectivity index (χ0) is 21.4. The lowest BCUT2D eigenvalue weighted by Crippen LogP contribution is -2.07. The molecule has 7 nitrogen and oxygen atoms in total. The second-order valence-electron chi connectivity index (χ2n) is 7.00. The van der Waals surface area contributed by atoms with Gasteiger partial charge >= 0.3 is 5.97 Å². The fourth-order valence-electron chi connectivity index (χ4n) is 3.47. The maximum absolute atomic E-state index is 13.0. The molecular formula is C23H18N4O3S. The van der Waals surface area contributed by atoms with E-state index in [0.29, 0.717) is 33.9 Å². The first-order valence-electron chi connectivity index (χ1n) is 9.65. The average molecular weight is 430 g/mol. The molecule has 4 heterocycles. The molecule has 4 aromatic heterocycles. The highest BCUT2D eigenvalue weighted by Crippen LogP contribution is 2.30. The van der Waals surface area contributed by atoms with E-state index in [1.165, 1.54) is 0 Å². The summed E-state index contributed by atoms with van der Waals surface area (Å²) in [6.45, 7) is 1.79. The first-order valence-corrected chi connectivity index (χ1v) is 10.5. The lowest BCUT2D eigenvalue weighted by atomic mass is 10.1. The molecular weight excluding hydrogens is 412 g/mol. The number of pyridine rings is 1. The molecule has 0 amide bonds. The van der Waals surface area contributed by atoms with Gasteiger partial charge in [-0.25, -0.2) is 14.8 Å². The summed E-state index contributed by atoms with van der Waals surface area (Å²) in [5.41, 5.74) is 3.40. The van der Waals surface area contributed by atoms with Gasteiger partial charge in [0.1, 0.15) is 0 Å². The standard InChI is InChI=1S/C23H18N4O3S/c1-14-21-16(11-17(19-9-6-10-31-19)25-22(21)27(2)26-14)23(28)29-13-20-24-12-18(30-20)15-7-4-3-5-8-15/h3-12H,13H2,1-2H3. The van der Waals surface area contributed by atoms with Gasteiger partial charge in [0.15, 0.2) is 18.0 Å². The van der Waals surface area contributed by atoms with Crippen molar-refractivity contribution < 1.29 is 13.9 Å². The lowest BCUT2D eigenvalue weighted by Gasteiger charge is -2.07. The Hall–Kier alpha value is -3.78. The van der Waals surface area contributed by atoms with Gasteiger partial charge in [-0.05, 0) is 24.4 Å². The van der Waals surface area contributed by atoms with Crippen LogP contribution in [0.1, 0.15) is 21.9 Å². The molecule has 8 heteroatoms. The quantitative estimate of drug-likeness (QED) is 0.364. The molecule has 0 fully saturated rings. The molecule has 154 valence electrons. The van der Waals surface area contributed by atoms with Gasteiger partial charge in [-0.2, -0.15) is 5.10 Å². The number of ether oxygens (including phenoxy) is 1. The number of rotatable bonds is 5. The zero-order valence-electron chi connectivity index (χ0n) is 16.9. The smallest absolute Gasteiger partial charge is 0.339 e. The number of hydrogen-bond acceptors (Lipinski definition) is 7. The van der Waals surface area contributed by atoms with Gasteiger partial charge in [-0.15, -0.1) is 11.3 Å². The van der Waals surface area contributed by atoms with Crippen LogP contribution in [0.15, 0.2) is 64.5 Å². The summed E-state index contributed by atoms with van der Waals surface area (Å²) in [6, 6.07) is 15.3. The van der Waals surface area contributed by atoms with E-state index in [1.807, 2.05) is 61.8 Å². The Morgan fingerprint density at radius 3 is 2.81 bits per heavy atom. The number of hydrogen-bond donors (Lipinski definition) is 0. The first-order chi connectivity index (χ1) is 15.1. The van der Waals surface area contributed by atoms with E-state index in [9.17, 15) is 4.79 Å². The Kier molecular flexibility index (Phi) is 4.83. The second-order valence-corrected chi connectivity index (χ2v) is 7.95.